The van der Waals surface area contributed by atoms with E-state index in [0.717, 1.165) is 11.1 Å². The maximum absolute atomic E-state index is 11.9. The zero-order chi connectivity index (χ0) is 13.4. The van der Waals surface area contributed by atoms with Gasteiger partial charge in [0.05, 0.1) is 29.8 Å². The predicted molar refractivity (Wildman–Crippen MR) is 69.3 cm³/mol. The summed E-state index contributed by atoms with van der Waals surface area (Å²) in [5.41, 5.74) is 2.90. The van der Waals surface area contributed by atoms with Crippen molar-refractivity contribution in [2.45, 2.75) is 20.0 Å². The van der Waals surface area contributed by atoms with Crippen LogP contribution in [0.15, 0.2) is 12.1 Å². The molecule has 1 heterocycles. The van der Waals surface area contributed by atoms with Crippen molar-refractivity contribution in [3.8, 4) is 0 Å². The van der Waals surface area contributed by atoms with Crippen molar-refractivity contribution in [1.29, 1.82) is 0 Å². The van der Waals surface area contributed by atoms with Gasteiger partial charge < -0.3 is 10.0 Å². The van der Waals surface area contributed by atoms with Gasteiger partial charge in [-0.2, -0.15) is 0 Å². The normalized spacial score (nSPS) is 16.1. The van der Waals surface area contributed by atoms with E-state index >= 15 is 0 Å². The number of hydrogen-bond donors (Lipinski definition) is 1. The van der Waals surface area contributed by atoms with Gasteiger partial charge in [0.25, 0.3) is 11.7 Å². The summed E-state index contributed by atoms with van der Waals surface area (Å²) in [6, 6.07) is 3.48. The van der Waals surface area contributed by atoms with Gasteiger partial charge in [0, 0.05) is 0 Å². The maximum atomic E-state index is 11.9. The molecule has 5 heteroatoms. The number of Topliss-reactive ketones (excluding diaryl/α,β-unsaturated/α-hetero) is 1. The number of benzene rings is 1. The summed E-state index contributed by atoms with van der Waals surface area (Å²) < 4.78 is 0. The van der Waals surface area contributed by atoms with Crippen LogP contribution in [0.2, 0.25) is 0 Å². The lowest BCUT2D eigenvalue weighted by molar-refractivity contribution is -0.114. The first kappa shape index (κ1) is 13.1. The van der Waals surface area contributed by atoms with Gasteiger partial charge in [-0.1, -0.05) is 6.07 Å². The Morgan fingerprint density at radius 3 is 2.61 bits per heavy atom. The Bertz CT molecular complexity index is 527. The molecule has 0 aliphatic carbocycles. The highest BCUT2D eigenvalue weighted by atomic mass is 35.5. The minimum absolute atomic E-state index is 0.0260. The first-order valence-corrected chi connectivity index (χ1v) is 6.21. The molecule has 0 spiro atoms. The molecule has 1 atom stereocenters. The SMILES string of the molecule is Cc1ccc2c(c1C)N(CC(O)CCl)C(=O)C2=O. The van der Waals surface area contributed by atoms with Crippen LogP contribution in [0.25, 0.3) is 0 Å². The van der Waals surface area contributed by atoms with Crippen LogP contribution in [-0.4, -0.2) is 35.3 Å². The molecule has 0 aromatic heterocycles. The van der Waals surface area contributed by atoms with Crippen LogP contribution in [-0.2, 0) is 4.79 Å². The number of fused-ring (bicyclic) bond motifs is 1. The number of halogens is 1. The third-order valence-corrected chi connectivity index (χ3v) is 3.58. The maximum Gasteiger partial charge on any atom is 0.299 e. The van der Waals surface area contributed by atoms with Gasteiger partial charge >= 0.3 is 0 Å². The molecule has 0 saturated carbocycles. The third-order valence-electron chi connectivity index (χ3n) is 3.23. The summed E-state index contributed by atoms with van der Waals surface area (Å²) in [6.45, 7) is 3.82. The van der Waals surface area contributed by atoms with Gasteiger partial charge in [0.1, 0.15) is 0 Å². The highest BCUT2D eigenvalue weighted by Crippen LogP contribution is 2.34. The summed E-state index contributed by atoms with van der Waals surface area (Å²) in [5, 5.41) is 9.57. The molecule has 1 aliphatic rings. The number of carbonyl (C=O) groups excluding carboxylic acids is 2. The number of alkyl halides is 1. The highest BCUT2D eigenvalue weighted by molar-refractivity contribution is 6.52. The van der Waals surface area contributed by atoms with Crippen molar-refractivity contribution >= 4 is 29.0 Å². The summed E-state index contributed by atoms with van der Waals surface area (Å²) in [4.78, 5) is 25.1. The van der Waals surface area contributed by atoms with Crippen LogP contribution in [0.3, 0.4) is 0 Å². The molecule has 1 unspecified atom stereocenters. The van der Waals surface area contributed by atoms with Crippen LogP contribution >= 0.6 is 11.6 Å². The molecule has 0 fully saturated rings. The molecule has 4 nitrogen and oxygen atoms in total. The average molecular weight is 268 g/mol. The van der Waals surface area contributed by atoms with Crippen LogP contribution in [0, 0.1) is 13.8 Å². The Hall–Kier alpha value is -1.39. The first-order chi connectivity index (χ1) is 8.47. The van der Waals surface area contributed by atoms with E-state index in [1.165, 1.54) is 4.90 Å². The number of aliphatic hydroxyl groups is 1. The van der Waals surface area contributed by atoms with Crippen molar-refractivity contribution in [2.24, 2.45) is 0 Å². The van der Waals surface area contributed by atoms with Crippen molar-refractivity contribution in [1.82, 2.24) is 0 Å². The number of aryl methyl sites for hydroxylation is 1. The molecule has 96 valence electrons. The molecule has 1 aliphatic heterocycles. The fraction of sp³-hybridized carbons (Fsp3) is 0.385. The van der Waals surface area contributed by atoms with Gasteiger partial charge in [-0.15, -0.1) is 11.6 Å². The summed E-state index contributed by atoms with van der Waals surface area (Å²) in [6.07, 6.45) is -0.839. The van der Waals surface area contributed by atoms with Gasteiger partial charge in [0.15, 0.2) is 0 Å². The van der Waals surface area contributed by atoms with E-state index in [9.17, 15) is 14.7 Å². The van der Waals surface area contributed by atoms with Crippen LogP contribution in [0.4, 0.5) is 5.69 Å². The molecule has 1 aromatic carbocycles. The highest BCUT2D eigenvalue weighted by Gasteiger charge is 2.37. The third kappa shape index (κ3) is 1.91. The molecule has 1 N–H and O–H groups in total. The number of hydrogen-bond acceptors (Lipinski definition) is 3. The molecule has 1 amide bonds. The molecule has 1 aromatic rings. The quantitative estimate of drug-likeness (QED) is 0.666. The Morgan fingerprint density at radius 2 is 2.00 bits per heavy atom. The summed E-state index contributed by atoms with van der Waals surface area (Å²) >= 11 is 5.54. The minimum atomic E-state index is -0.839. The van der Waals surface area contributed by atoms with Gasteiger partial charge in [-0.05, 0) is 31.0 Å². The zero-order valence-corrected chi connectivity index (χ0v) is 11.0. The molecule has 2 rings (SSSR count). The van der Waals surface area contributed by atoms with Crippen molar-refractivity contribution in [3.63, 3.8) is 0 Å². The molecular formula is C13H14ClNO3. The van der Waals surface area contributed by atoms with E-state index in [1.54, 1.807) is 6.07 Å². The second-order valence-corrected chi connectivity index (χ2v) is 4.77. The Balaban J connectivity index is 2.50. The monoisotopic (exact) mass is 267 g/mol. The molecule has 18 heavy (non-hydrogen) atoms. The second kappa shape index (κ2) is 4.71. The standard InChI is InChI=1S/C13H14ClNO3/c1-7-3-4-10-11(8(7)2)15(6-9(16)5-14)13(18)12(10)17/h3-4,9,16H,5-6H2,1-2H3. The zero-order valence-electron chi connectivity index (χ0n) is 10.2. The van der Waals surface area contributed by atoms with E-state index in [2.05, 4.69) is 0 Å². The fourth-order valence-corrected chi connectivity index (χ4v) is 2.20. The number of ketones is 1. The van der Waals surface area contributed by atoms with E-state index in [0.29, 0.717) is 11.3 Å². The summed E-state index contributed by atoms with van der Waals surface area (Å²) in [7, 11) is 0. The number of nitrogens with zero attached hydrogens (tertiary/aromatic N) is 1. The summed E-state index contributed by atoms with van der Waals surface area (Å²) in [5.74, 6) is -1.09. The predicted octanol–water partition coefficient (Wildman–Crippen LogP) is 1.43. The smallest absolute Gasteiger partial charge is 0.299 e. The Kier molecular flexibility index (Phi) is 3.41. The number of aliphatic hydroxyl groups excluding tert-OH is 1. The minimum Gasteiger partial charge on any atom is -0.390 e. The topological polar surface area (TPSA) is 57.6 Å². The Labute approximate surface area is 110 Å². The van der Waals surface area contributed by atoms with Gasteiger partial charge in [0.2, 0.25) is 0 Å². The van der Waals surface area contributed by atoms with E-state index in [4.69, 9.17) is 11.6 Å². The first-order valence-electron chi connectivity index (χ1n) is 5.67. The number of carbonyl (C=O) groups is 2. The van der Waals surface area contributed by atoms with Crippen molar-refractivity contribution in [2.75, 3.05) is 17.3 Å². The molecule has 0 saturated heterocycles. The van der Waals surface area contributed by atoms with Crippen LogP contribution in [0.5, 0.6) is 0 Å². The van der Waals surface area contributed by atoms with Gasteiger partial charge in [-0.3, -0.25) is 9.59 Å². The van der Waals surface area contributed by atoms with Crippen molar-refractivity contribution in [3.05, 3.63) is 28.8 Å². The number of anilines is 1. The van der Waals surface area contributed by atoms with Gasteiger partial charge in [-0.25, -0.2) is 0 Å². The molecular weight excluding hydrogens is 254 g/mol. The molecule has 0 bridgehead atoms. The lowest BCUT2D eigenvalue weighted by Gasteiger charge is -2.21. The van der Waals surface area contributed by atoms with E-state index in [-0.39, 0.29) is 12.4 Å². The number of β-amino-alcohol motifs (C(OH)–C–C–N with tert-alkyl or cyclic N) is 1. The van der Waals surface area contributed by atoms with Crippen LogP contribution in [0.1, 0.15) is 21.5 Å². The lowest BCUT2D eigenvalue weighted by Crippen LogP contribution is -2.37. The number of rotatable bonds is 3. The second-order valence-electron chi connectivity index (χ2n) is 4.46. The average Bonchev–Trinajstić information content (AvgIpc) is 2.59. The van der Waals surface area contributed by atoms with Crippen LogP contribution < -0.4 is 4.90 Å². The largest absolute Gasteiger partial charge is 0.390 e. The van der Waals surface area contributed by atoms with E-state index in [1.807, 2.05) is 19.9 Å². The molecule has 0 radical (unpaired) electrons. The lowest BCUT2D eigenvalue weighted by atomic mass is 10.0. The van der Waals surface area contributed by atoms with Crippen molar-refractivity contribution < 1.29 is 14.7 Å². The fourth-order valence-electron chi connectivity index (χ4n) is 2.11. The number of amides is 1. The Morgan fingerprint density at radius 1 is 1.33 bits per heavy atom. The van der Waals surface area contributed by atoms with E-state index < -0.39 is 17.8 Å².